The van der Waals surface area contributed by atoms with Crippen LogP contribution in [-0.2, 0) is 16.1 Å². The number of nitrogens with one attached hydrogen (secondary N) is 1. The molecule has 160 valence electrons. The molecule has 3 rings (SSSR count). The molecule has 9 heteroatoms. The maximum Gasteiger partial charge on any atom is 0.233 e. The lowest BCUT2D eigenvalue weighted by Gasteiger charge is -2.38. The van der Waals surface area contributed by atoms with Crippen molar-refractivity contribution in [2.75, 3.05) is 24.5 Å². The summed E-state index contributed by atoms with van der Waals surface area (Å²) in [4.78, 5) is 33.8. The summed E-state index contributed by atoms with van der Waals surface area (Å²) in [5.74, 6) is 0.279. The van der Waals surface area contributed by atoms with Gasteiger partial charge in [-0.05, 0) is 25.2 Å². The molecule has 1 aliphatic carbocycles. The number of hydroxylamine groups is 2. The quantitative estimate of drug-likeness (QED) is 0.369. The maximum atomic E-state index is 14.9. The molecule has 0 spiro atoms. The number of aryl methyl sites for hydroxylation is 1. The van der Waals surface area contributed by atoms with E-state index in [1.165, 1.54) is 0 Å². The highest BCUT2D eigenvalue weighted by Crippen LogP contribution is 2.31. The van der Waals surface area contributed by atoms with Crippen molar-refractivity contribution in [3.63, 3.8) is 0 Å². The van der Waals surface area contributed by atoms with Crippen LogP contribution in [0.1, 0.15) is 50.5 Å². The summed E-state index contributed by atoms with van der Waals surface area (Å²) in [5.41, 5.74) is 0.149. The Hall–Kier alpha value is -2.29. The van der Waals surface area contributed by atoms with Gasteiger partial charge in [-0.3, -0.25) is 14.8 Å². The van der Waals surface area contributed by atoms with Crippen LogP contribution < -0.4 is 10.2 Å². The molecule has 29 heavy (non-hydrogen) atoms. The normalized spacial score (nSPS) is 18.4. The van der Waals surface area contributed by atoms with Gasteiger partial charge in [0.25, 0.3) is 0 Å². The van der Waals surface area contributed by atoms with Crippen molar-refractivity contribution in [3.05, 3.63) is 17.3 Å². The van der Waals surface area contributed by atoms with Gasteiger partial charge in [0.1, 0.15) is 11.5 Å². The third kappa shape index (κ3) is 5.41. The van der Waals surface area contributed by atoms with E-state index in [-0.39, 0.29) is 30.5 Å². The molecule has 2 N–H and O–H groups in total. The predicted molar refractivity (Wildman–Crippen MR) is 105 cm³/mol. The highest BCUT2D eigenvalue weighted by molar-refractivity contribution is 5.79. The standard InChI is InChI=1S/C20H30FN5O3/c1-13-9-25(10-13)19-18(21)17(23-14(2)24-19)8-22-20(28)16(11-26(29)12-27)7-15-5-3-4-6-15/h12-13,15-16,29H,3-11H2,1-2H3,(H,22,28)/t16-/m1/s1. The average Bonchev–Trinajstić information content (AvgIpc) is 3.18. The molecule has 1 aromatic heterocycles. The number of hydrogen-bond acceptors (Lipinski definition) is 6. The number of halogens is 1. The maximum absolute atomic E-state index is 14.9. The lowest BCUT2D eigenvalue weighted by Crippen LogP contribution is -2.46. The van der Waals surface area contributed by atoms with E-state index >= 15 is 0 Å². The van der Waals surface area contributed by atoms with Crippen LogP contribution in [0.25, 0.3) is 0 Å². The second-order valence-electron chi connectivity index (χ2n) is 8.39. The fraction of sp³-hybridized carbons (Fsp3) is 0.700. The summed E-state index contributed by atoms with van der Waals surface area (Å²) in [6.07, 6.45) is 5.26. The Morgan fingerprint density at radius 3 is 2.69 bits per heavy atom. The Morgan fingerprint density at radius 2 is 2.07 bits per heavy atom. The number of rotatable bonds is 9. The van der Waals surface area contributed by atoms with E-state index in [0.29, 0.717) is 35.6 Å². The van der Waals surface area contributed by atoms with Gasteiger partial charge in [-0.15, -0.1) is 0 Å². The van der Waals surface area contributed by atoms with Crippen molar-refractivity contribution < 1.29 is 19.2 Å². The van der Waals surface area contributed by atoms with E-state index in [2.05, 4.69) is 22.2 Å². The minimum atomic E-state index is -0.546. The number of carbonyl (C=O) groups is 2. The average molecular weight is 407 g/mol. The van der Waals surface area contributed by atoms with Gasteiger partial charge in [-0.1, -0.05) is 32.6 Å². The predicted octanol–water partition coefficient (Wildman–Crippen LogP) is 2.04. The molecule has 2 aliphatic rings. The van der Waals surface area contributed by atoms with Crippen LogP contribution in [0.5, 0.6) is 0 Å². The van der Waals surface area contributed by atoms with Crippen molar-refractivity contribution in [3.8, 4) is 0 Å². The molecule has 0 aromatic carbocycles. The molecule has 1 atom stereocenters. The van der Waals surface area contributed by atoms with Crippen molar-refractivity contribution in [2.45, 2.75) is 52.5 Å². The van der Waals surface area contributed by atoms with E-state index in [4.69, 9.17) is 0 Å². The van der Waals surface area contributed by atoms with Crippen LogP contribution in [0.4, 0.5) is 10.2 Å². The minimum absolute atomic E-state index is 0.0574. The molecule has 0 radical (unpaired) electrons. The minimum Gasteiger partial charge on any atom is -0.353 e. The number of aromatic nitrogens is 2. The van der Waals surface area contributed by atoms with Gasteiger partial charge in [0.2, 0.25) is 12.3 Å². The monoisotopic (exact) mass is 407 g/mol. The number of hydrogen-bond donors (Lipinski definition) is 2. The zero-order valence-electron chi connectivity index (χ0n) is 17.1. The van der Waals surface area contributed by atoms with Crippen molar-refractivity contribution in [2.24, 2.45) is 17.8 Å². The summed E-state index contributed by atoms with van der Waals surface area (Å²) in [5, 5.41) is 12.8. The van der Waals surface area contributed by atoms with Crippen molar-refractivity contribution in [1.82, 2.24) is 20.3 Å². The van der Waals surface area contributed by atoms with Crippen LogP contribution in [0, 0.1) is 30.5 Å². The first-order valence-electron chi connectivity index (χ1n) is 10.3. The summed E-state index contributed by atoms with van der Waals surface area (Å²) < 4.78 is 14.9. The number of anilines is 1. The van der Waals surface area contributed by atoms with E-state index in [0.717, 1.165) is 38.8 Å². The molecular formula is C20H30FN5O3. The van der Waals surface area contributed by atoms with Gasteiger partial charge < -0.3 is 10.2 Å². The van der Waals surface area contributed by atoms with Gasteiger partial charge in [-0.25, -0.2) is 19.4 Å². The molecule has 1 aromatic rings. The third-order valence-corrected chi connectivity index (χ3v) is 5.80. The fourth-order valence-electron chi connectivity index (χ4n) is 4.30. The van der Waals surface area contributed by atoms with Crippen molar-refractivity contribution >= 4 is 18.1 Å². The zero-order valence-corrected chi connectivity index (χ0v) is 17.1. The van der Waals surface area contributed by atoms with E-state index < -0.39 is 11.7 Å². The van der Waals surface area contributed by atoms with Gasteiger partial charge in [-0.2, -0.15) is 0 Å². The molecule has 2 amide bonds. The number of nitrogens with zero attached hydrogens (tertiary/aromatic N) is 4. The van der Waals surface area contributed by atoms with Crippen LogP contribution >= 0.6 is 0 Å². The molecule has 2 heterocycles. The Labute approximate surface area is 170 Å². The first-order chi connectivity index (χ1) is 13.9. The zero-order chi connectivity index (χ0) is 21.0. The molecular weight excluding hydrogens is 377 g/mol. The Bertz CT molecular complexity index is 735. The summed E-state index contributed by atoms with van der Waals surface area (Å²) in [6, 6.07) is 0. The molecule has 1 saturated carbocycles. The molecule has 1 aliphatic heterocycles. The topological polar surface area (TPSA) is 98.7 Å². The highest BCUT2D eigenvalue weighted by Gasteiger charge is 2.29. The molecule has 0 unspecified atom stereocenters. The summed E-state index contributed by atoms with van der Waals surface area (Å²) in [7, 11) is 0. The van der Waals surface area contributed by atoms with Gasteiger partial charge in [0.15, 0.2) is 11.6 Å². The highest BCUT2D eigenvalue weighted by atomic mass is 19.1. The van der Waals surface area contributed by atoms with E-state index in [9.17, 15) is 19.2 Å². The van der Waals surface area contributed by atoms with Crippen LogP contribution in [-0.4, -0.2) is 52.2 Å². The van der Waals surface area contributed by atoms with Crippen molar-refractivity contribution in [1.29, 1.82) is 0 Å². The van der Waals surface area contributed by atoms with Gasteiger partial charge >= 0.3 is 0 Å². The smallest absolute Gasteiger partial charge is 0.233 e. The molecule has 0 bridgehead atoms. The Kier molecular flexibility index (Phi) is 7.00. The van der Waals surface area contributed by atoms with E-state index in [1.807, 2.05) is 4.90 Å². The third-order valence-electron chi connectivity index (χ3n) is 5.80. The summed E-state index contributed by atoms with van der Waals surface area (Å²) in [6.45, 7) is 5.17. The lowest BCUT2D eigenvalue weighted by atomic mass is 9.92. The molecule has 8 nitrogen and oxygen atoms in total. The number of amides is 2. The second kappa shape index (κ2) is 9.47. The molecule has 2 fully saturated rings. The van der Waals surface area contributed by atoms with Crippen LogP contribution in [0.15, 0.2) is 0 Å². The largest absolute Gasteiger partial charge is 0.353 e. The Morgan fingerprint density at radius 1 is 1.38 bits per heavy atom. The SMILES string of the molecule is Cc1nc(CNC(=O)[C@H](CC2CCCC2)CN(O)C=O)c(F)c(N2CC(C)C2)n1. The molecule has 1 saturated heterocycles. The lowest BCUT2D eigenvalue weighted by molar-refractivity contribution is -0.155. The Balaban J connectivity index is 1.66. The second-order valence-corrected chi connectivity index (χ2v) is 8.39. The van der Waals surface area contributed by atoms with Gasteiger partial charge in [0.05, 0.1) is 19.0 Å². The number of carbonyl (C=O) groups excluding carboxylic acids is 2. The van der Waals surface area contributed by atoms with Crippen LogP contribution in [0.3, 0.4) is 0 Å². The summed E-state index contributed by atoms with van der Waals surface area (Å²) >= 11 is 0. The fourth-order valence-corrected chi connectivity index (χ4v) is 4.30. The first kappa shape index (κ1) is 21.4. The van der Waals surface area contributed by atoms with E-state index in [1.54, 1.807) is 6.92 Å². The first-order valence-corrected chi connectivity index (χ1v) is 10.3. The van der Waals surface area contributed by atoms with Gasteiger partial charge in [0, 0.05) is 13.1 Å². The van der Waals surface area contributed by atoms with Crippen LogP contribution in [0.2, 0.25) is 0 Å².